The minimum atomic E-state index is -0.493. The van der Waals surface area contributed by atoms with Crippen LogP contribution in [0.15, 0.2) is 22.7 Å². The summed E-state index contributed by atoms with van der Waals surface area (Å²) in [7, 11) is 1.59. The smallest absolute Gasteiger partial charge is 0.125 e. The molecule has 1 aromatic rings. The SMILES string of the molecule is COc1cc(Br)ccc1[C@@H](C)O. The van der Waals surface area contributed by atoms with Crippen molar-refractivity contribution in [2.45, 2.75) is 13.0 Å². The molecule has 0 amide bonds. The highest BCUT2D eigenvalue weighted by Gasteiger charge is 2.07. The zero-order valence-corrected chi connectivity index (χ0v) is 8.63. The maximum atomic E-state index is 9.33. The number of aliphatic hydroxyl groups is 1. The summed E-state index contributed by atoms with van der Waals surface area (Å²) >= 11 is 3.32. The average molecular weight is 231 g/mol. The molecule has 0 aliphatic carbocycles. The van der Waals surface area contributed by atoms with Crippen LogP contribution in [-0.2, 0) is 0 Å². The molecule has 0 aliphatic heterocycles. The van der Waals surface area contributed by atoms with Crippen molar-refractivity contribution in [2.24, 2.45) is 0 Å². The fraction of sp³-hybridized carbons (Fsp3) is 0.333. The van der Waals surface area contributed by atoms with Gasteiger partial charge in [0.1, 0.15) is 5.75 Å². The van der Waals surface area contributed by atoms with Crippen LogP contribution in [0, 0.1) is 0 Å². The lowest BCUT2D eigenvalue weighted by Crippen LogP contribution is -1.95. The zero-order chi connectivity index (χ0) is 9.14. The molecule has 2 nitrogen and oxygen atoms in total. The van der Waals surface area contributed by atoms with E-state index in [0.29, 0.717) is 5.75 Å². The Bertz CT molecular complexity index is 271. The molecule has 0 aromatic heterocycles. The average Bonchev–Trinajstić information content (AvgIpc) is 2.03. The van der Waals surface area contributed by atoms with Gasteiger partial charge in [0.2, 0.25) is 0 Å². The van der Waals surface area contributed by atoms with E-state index in [4.69, 9.17) is 4.74 Å². The van der Waals surface area contributed by atoms with Crippen LogP contribution in [0.5, 0.6) is 5.75 Å². The number of benzene rings is 1. The Hall–Kier alpha value is -0.540. The normalized spacial score (nSPS) is 12.7. The second-order valence-corrected chi connectivity index (χ2v) is 3.48. The van der Waals surface area contributed by atoms with Gasteiger partial charge in [-0.15, -0.1) is 0 Å². The van der Waals surface area contributed by atoms with Crippen LogP contribution in [-0.4, -0.2) is 12.2 Å². The Morgan fingerprint density at radius 2 is 2.17 bits per heavy atom. The molecule has 12 heavy (non-hydrogen) atoms. The maximum Gasteiger partial charge on any atom is 0.125 e. The van der Waals surface area contributed by atoms with Gasteiger partial charge in [-0.25, -0.2) is 0 Å². The van der Waals surface area contributed by atoms with Crippen LogP contribution in [0.1, 0.15) is 18.6 Å². The number of rotatable bonds is 2. The highest BCUT2D eigenvalue weighted by atomic mass is 79.9. The van der Waals surface area contributed by atoms with Crippen molar-refractivity contribution in [3.63, 3.8) is 0 Å². The van der Waals surface area contributed by atoms with Gasteiger partial charge >= 0.3 is 0 Å². The minimum Gasteiger partial charge on any atom is -0.496 e. The van der Waals surface area contributed by atoms with Gasteiger partial charge in [-0.3, -0.25) is 0 Å². The largest absolute Gasteiger partial charge is 0.496 e. The van der Waals surface area contributed by atoms with Crippen molar-refractivity contribution in [3.8, 4) is 5.75 Å². The number of ether oxygens (including phenoxy) is 1. The Balaban J connectivity index is 3.11. The van der Waals surface area contributed by atoms with Gasteiger partial charge in [0.25, 0.3) is 0 Å². The van der Waals surface area contributed by atoms with Crippen LogP contribution in [0.3, 0.4) is 0 Å². The summed E-state index contributed by atoms with van der Waals surface area (Å²) in [5.74, 6) is 0.708. The van der Waals surface area contributed by atoms with Crippen LogP contribution in [0.2, 0.25) is 0 Å². The molecule has 1 N–H and O–H groups in total. The first-order chi connectivity index (χ1) is 5.65. The molecular formula is C9H11BrO2. The number of methoxy groups -OCH3 is 1. The van der Waals surface area contributed by atoms with E-state index in [1.807, 2.05) is 18.2 Å². The Morgan fingerprint density at radius 3 is 2.67 bits per heavy atom. The first-order valence-electron chi connectivity index (χ1n) is 3.66. The number of halogens is 1. The minimum absolute atomic E-state index is 0.493. The van der Waals surface area contributed by atoms with Gasteiger partial charge in [-0.05, 0) is 19.1 Å². The lowest BCUT2D eigenvalue weighted by Gasteiger charge is -2.10. The fourth-order valence-electron chi connectivity index (χ4n) is 1.03. The predicted octanol–water partition coefficient (Wildman–Crippen LogP) is 2.51. The van der Waals surface area contributed by atoms with Crippen molar-refractivity contribution in [1.29, 1.82) is 0 Å². The summed E-state index contributed by atoms with van der Waals surface area (Å²) < 4.78 is 6.05. The summed E-state index contributed by atoms with van der Waals surface area (Å²) in [5, 5.41) is 9.33. The highest BCUT2D eigenvalue weighted by molar-refractivity contribution is 9.10. The summed E-state index contributed by atoms with van der Waals surface area (Å²) in [6, 6.07) is 5.56. The summed E-state index contributed by atoms with van der Waals surface area (Å²) in [6.07, 6.45) is -0.493. The fourth-order valence-corrected chi connectivity index (χ4v) is 1.37. The molecule has 0 bridgehead atoms. The highest BCUT2D eigenvalue weighted by Crippen LogP contribution is 2.27. The molecule has 0 saturated heterocycles. The number of hydrogen-bond acceptors (Lipinski definition) is 2. The topological polar surface area (TPSA) is 29.5 Å². The molecule has 0 heterocycles. The van der Waals surface area contributed by atoms with Gasteiger partial charge in [0.15, 0.2) is 0 Å². The monoisotopic (exact) mass is 230 g/mol. The van der Waals surface area contributed by atoms with Gasteiger partial charge in [-0.1, -0.05) is 22.0 Å². The molecule has 0 aliphatic rings. The first kappa shape index (κ1) is 9.55. The van der Waals surface area contributed by atoms with E-state index in [1.54, 1.807) is 14.0 Å². The third-order valence-corrected chi connectivity index (χ3v) is 2.14. The van der Waals surface area contributed by atoms with Crippen molar-refractivity contribution in [3.05, 3.63) is 28.2 Å². The first-order valence-corrected chi connectivity index (χ1v) is 4.46. The van der Waals surface area contributed by atoms with Gasteiger partial charge in [0.05, 0.1) is 13.2 Å². The van der Waals surface area contributed by atoms with Crippen LogP contribution in [0.4, 0.5) is 0 Å². The quantitative estimate of drug-likeness (QED) is 0.847. The van der Waals surface area contributed by atoms with Crippen molar-refractivity contribution >= 4 is 15.9 Å². The van der Waals surface area contributed by atoms with Gasteiger partial charge in [-0.2, -0.15) is 0 Å². The lowest BCUT2D eigenvalue weighted by atomic mass is 10.1. The second-order valence-electron chi connectivity index (χ2n) is 2.56. The van der Waals surface area contributed by atoms with E-state index < -0.39 is 6.10 Å². The Kier molecular flexibility index (Phi) is 3.12. The van der Waals surface area contributed by atoms with Crippen molar-refractivity contribution in [2.75, 3.05) is 7.11 Å². The van der Waals surface area contributed by atoms with Gasteiger partial charge in [0, 0.05) is 10.0 Å². The van der Waals surface area contributed by atoms with Gasteiger partial charge < -0.3 is 9.84 Å². The van der Waals surface area contributed by atoms with E-state index in [9.17, 15) is 5.11 Å². The predicted molar refractivity (Wildman–Crippen MR) is 51.3 cm³/mol. The van der Waals surface area contributed by atoms with E-state index in [0.717, 1.165) is 10.0 Å². The van der Waals surface area contributed by atoms with E-state index in [2.05, 4.69) is 15.9 Å². The van der Waals surface area contributed by atoms with Crippen LogP contribution < -0.4 is 4.74 Å². The number of aliphatic hydroxyl groups excluding tert-OH is 1. The summed E-state index contributed by atoms with van der Waals surface area (Å²) in [4.78, 5) is 0. The summed E-state index contributed by atoms with van der Waals surface area (Å²) in [6.45, 7) is 1.71. The molecule has 3 heteroatoms. The zero-order valence-electron chi connectivity index (χ0n) is 7.04. The van der Waals surface area contributed by atoms with E-state index in [1.165, 1.54) is 0 Å². The van der Waals surface area contributed by atoms with Crippen LogP contribution >= 0.6 is 15.9 Å². The molecular weight excluding hydrogens is 220 g/mol. The number of hydrogen-bond donors (Lipinski definition) is 1. The van der Waals surface area contributed by atoms with E-state index in [-0.39, 0.29) is 0 Å². The van der Waals surface area contributed by atoms with E-state index >= 15 is 0 Å². The maximum absolute atomic E-state index is 9.33. The molecule has 0 fully saturated rings. The molecule has 66 valence electrons. The third kappa shape index (κ3) is 1.99. The molecule has 1 aromatic carbocycles. The molecule has 1 atom stereocenters. The van der Waals surface area contributed by atoms with Crippen LogP contribution in [0.25, 0.3) is 0 Å². The van der Waals surface area contributed by atoms with Crippen molar-refractivity contribution in [1.82, 2.24) is 0 Å². The Labute approximate surface area is 80.3 Å². The third-order valence-electron chi connectivity index (χ3n) is 1.65. The molecule has 0 spiro atoms. The molecule has 0 unspecified atom stereocenters. The van der Waals surface area contributed by atoms with Crippen molar-refractivity contribution < 1.29 is 9.84 Å². The standard InChI is InChI=1S/C9H11BrO2/c1-6(11)8-4-3-7(10)5-9(8)12-2/h3-6,11H,1-2H3/t6-/m1/s1. The Morgan fingerprint density at radius 1 is 1.50 bits per heavy atom. The molecule has 0 radical (unpaired) electrons. The second kappa shape index (κ2) is 3.92. The summed E-state index contributed by atoms with van der Waals surface area (Å²) in [5.41, 5.74) is 0.806. The lowest BCUT2D eigenvalue weighted by molar-refractivity contribution is 0.194. The molecule has 0 saturated carbocycles. The molecule has 1 rings (SSSR count).